The van der Waals surface area contributed by atoms with Crippen molar-refractivity contribution in [1.29, 1.82) is 0 Å². The first kappa shape index (κ1) is 19.5. The molecule has 1 aliphatic rings. The Kier molecular flexibility index (Phi) is 5.05. The second-order valence-electron chi connectivity index (χ2n) is 7.13. The summed E-state index contributed by atoms with van der Waals surface area (Å²) in [6.07, 6.45) is 0. The Morgan fingerprint density at radius 1 is 1.28 bits per heavy atom. The molecule has 1 N–H and O–H groups in total. The normalized spacial score (nSPS) is 15.2. The summed E-state index contributed by atoms with van der Waals surface area (Å²) >= 11 is 1.52. The number of anilines is 1. The third kappa shape index (κ3) is 3.73. The summed E-state index contributed by atoms with van der Waals surface area (Å²) in [6, 6.07) is 3.51. The molecule has 0 amide bonds. The number of aromatic nitrogens is 2. The minimum atomic E-state index is -0.496. The zero-order chi connectivity index (χ0) is 20.7. The van der Waals surface area contributed by atoms with E-state index in [1.54, 1.807) is 0 Å². The first-order valence-corrected chi connectivity index (χ1v) is 10.1. The minimum absolute atomic E-state index is 0.0975. The maximum Gasteiger partial charge on any atom is 0.292 e. The number of fused-ring (bicyclic) bond motifs is 1. The molecule has 29 heavy (non-hydrogen) atoms. The SMILES string of the molecule is Cc1sc2nc(CN3CCN(c4cc(F)ccc4[N+](=O)[O-])CC3)[nH]c(=O)c2c1C. The fourth-order valence-electron chi connectivity index (χ4n) is 3.64. The second kappa shape index (κ2) is 7.53. The molecule has 3 heterocycles. The Balaban J connectivity index is 1.49. The van der Waals surface area contributed by atoms with E-state index in [2.05, 4.69) is 14.9 Å². The van der Waals surface area contributed by atoms with Crippen LogP contribution in [0.25, 0.3) is 10.2 Å². The predicted octanol–water partition coefficient (Wildman–Crippen LogP) is 2.97. The molecule has 152 valence electrons. The Hall–Kier alpha value is -2.85. The van der Waals surface area contributed by atoms with E-state index in [4.69, 9.17) is 0 Å². The van der Waals surface area contributed by atoms with Crippen molar-refractivity contribution in [3.63, 3.8) is 0 Å². The summed E-state index contributed by atoms with van der Waals surface area (Å²) in [7, 11) is 0. The molecular weight excluding hydrogens is 397 g/mol. The van der Waals surface area contributed by atoms with E-state index < -0.39 is 10.7 Å². The van der Waals surface area contributed by atoms with E-state index in [0.29, 0.717) is 49.6 Å². The van der Waals surface area contributed by atoms with Crippen molar-refractivity contribution in [2.24, 2.45) is 0 Å². The quantitative estimate of drug-likeness (QED) is 0.518. The number of aromatic amines is 1. The number of nitro benzene ring substituents is 1. The monoisotopic (exact) mass is 417 g/mol. The van der Waals surface area contributed by atoms with Crippen LogP contribution in [0.3, 0.4) is 0 Å². The van der Waals surface area contributed by atoms with Crippen LogP contribution in [0.5, 0.6) is 0 Å². The van der Waals surface area contributed by atoms with Gasteiger partial charge in [-0.1, -0.05) is 0 Å². The van der Waals surface area contributed by atoms with E-state index in [1.807, 2.05) is 18.7 Å². The first-order valence-electron chi connectivity index (χ1n) is 9.23. The van der Waals surface area contributed by atoms with Crippen LogP contribution in [-0.4, -0.2) is 46.0 Å². The lowest BCUT2D eigenvalue weighted by Crippen LogP contribution is -2.46. The number of halogens is 1. The molecule has 0 unspecified atom stereocenters. The van der Waals surface area contributed by atoms with Crippen LogP contribution >= 0.6 is 11.3 Å². The van der Waals surface area contributed by atoms with Gasteiger partial charge in [0.2, 0.25) is 0 Å². The third-order valence-corrected chi connectivity index (χ3v) is 6.41. The maximum absolute atomic E-state index is 13.6. The highest BCUT2D eigenvalue weighted by atomic mass is 32.1. The van der Waals surface area contributed by atoms with Gasteiger partial charge in [-0.25, -0.2) is 9.37 Å². The summed E-state index contributed by atoms with van der Waals surface area (Å²) in [4.78, 5) is 36.4. The predicted molar refractivity (Wildman–Crippen MR) is 110 cm³/mol. The number of benzene rings is 1. The average molecular weight is 417 g/mol. The number of hydrogen-bond acceptors (Lipinski definition) is 7. The standard InChI is InChI=1S/C19H20FN5O3S/c1-11-12(2)29-19-17(11)18(26)21-16(22-19)10-23-5-7-24(8-6-23)15-9-13(20)3-4-14(15)25(27)28/h3-4,9H,5-8,10H2,1-2H3,(H,21,22,26). The second-order valence-corrected chi connectivity index (χ2v) is 8.33. The lowest BCUT2D eigenvalue weighted by Gasteiger charge is -2.35. The summed E-state index contributed by atoms with van der Waals surface area (Å²) in [6.45, 7) is 6.68. The van der Waals surface area contributed by atoms with Gasteiger partial charge in [-0.15, -0.1) is 11.3 Å². The van der Waals surface area contributed by atoms with Crippen molar-refractivity contribution >= 4 is 32.9 Å². The van der Waals surface area contributed by atoms with Gasteiger partial charge in [-0.05, 0) is 25.5 Å². The van der Waals surface area contributed by atoms with Gasteiger partial charge in [0.1, 0.15) is 22.2 Å². The number of aryl methyl sites for hydroxylation is 2. The molecule has 10 heteroatoms. The van der Waals surface area contributed by atoms with Crippen molar-refractivity contribution < 1.29 is 9.31 Å². The molecule has 4 rings (SSSR count). The first-order chi connectivity index (χ1) is 13.8. The van der Waals surface area contributed by atoms with Crippen LogP contribution in [0.4, 0.5) is 15.8 Å². The van der Waals surface area contributed by atoms with Crippen LogP contribution in [0.2, 0.25) is 0 Å². The maximum atomic E-state index is 13.6. The Bertz CT molecular complexity index is 1150. The van der Waals surface area contributed by atoms with Crippen LogP contribution in [0.15, 0.2) is 23.0 Å². The van der Waals surface area contributed by atoms with Crippen molar-refractivity contribution in [1.82, 2.24) is 14.9 Å². The Labute approximate surface area is 169 Å². The van der Waals surface area contributed by atoms with Gasteiger partial charge in [0, 0.05) is 43.2 Å². The molecule has 0 bridgehead atoms. The highest BCUT2D eigenvalue weighted by Gasteiger charge is 2.25. The van der Waals surface area contributed by atoms with Gasteiger partial charge >= 0.3 is 0 Å². The van der Waals surface area contributed by atoms with E-state index in [1.165, 1.54) is 23.5 Å². The Morgan fingerprint density at radius 2 is 2.00 bits per heavy atom. The molecule has 0 saturated carbocycles. The van der Waals surface area contributed by atoms with Gasteiger partial charge in [0.25, 0.3) is 11.2 Å². The smallest absolute Gasteiger partial charge is 0.292 e. The zero-order valence-corrected chi connectivity index (χ0v) is 16.9. The lowest BCUT2D eigenvalue weighted by molar-refractivity contribution is -0.384. The zero-order valence-electron chi connectivity index (χ0n) is 16.1. The van der Waals surface area contributed by atoms with Crippen LogP contribution in [-0.2, 0) is 6.54 Å². The van der Waals surface area contributed by atoms with E-state index in [9.17, 15) is 19.3 Å². The molecule has 0 radical (unpaired) electrons. The van der Waals surface area contributed by atoms with Crippen LogP contribution in [0, 0.1) is 29.8 Å². The summed E-state index contributed by atoms with van der Waals surface area (Å²) in [5.74, 6) is 0.110. The van der Waals surface area contributed by atoms with Crippen LogP contribution < -0.4 is 10.5 Å². The van der Waals surface area contributed by atoms with E-state index in [0.717, 1.165) is 21.3 Å². The summed E-state index contributed by atoms with van der Waals surface area (Å²) in [5.41, 5.74) is 1.04. The highest BCUT2D eigenvalue weighted by molar-refractivity contribution is 7.18. The fraction of sp³-hybridized carbons (Fsp3) is 0.368. The van der Waals surface area contributed by atoms with Gasteiger partial charge < -0.3 is 9.88 Å². The van der Waals surface area contributed by atoms with Crippen molar-refractivity contribution in [3.05, 3.63) is 60.7 Å². The Morgan fingerprint density at radius 3 is 2.69 bits per heavy atom. The van der Waals surface area contributed by atoms with Crippen LogP contribution in [0.1, 0.15) is 16.3 Å². The topological polar surface area (TPSA) is 95.4 Å². The van der Waals surface area contributed by atoms with Gasteiger partial charge in [-0.3, -0.25) is 19.8 Å². The molecule has 1 fully saturated rings. The average Bonchev–Trinajstić information content (AvgIpc) is 2.96. The van der Waals surface area contributed by atoms with Gasteiger partial charge in [-0.2, -0.15) is 0 Å². The number of rotatable bonds is 4. The molecular formula is C19H20FN5O3S. The number of nitro groups is 1. The van der Waals surface area contributed by atoms with Gasteiger partial charge in [0.15, 0.2) is 0 Å². The molecule has 1 aromatic carbocycles. The summed E-state index contributed by atoms with van der Waals surface area (Å²) < 4.78 is 13.6. The number of nitrogens with one attached hydrogen (secondary N) is 1. The summed E-state index contributed by atoms with van der Waals surface area (Å²) in [5, 5.41) is 11.9. The molecule has 2 aromatic heterocycles. The number of H-pyrrole nitrogens is 1. The number of nitrogens with zero attached hydrogens (tertiary/aromatic N) is 4. The molecule has 0 atom stereocenters. The molecule has 3 aromatic rings. The number of thiophene rings is 1. The fourth-order valence-corrected chi connectivity index (χ4v) is 4.69. The molecule has 0 aliphatic carbocycles. The van der Waals surface area contributed by atoms with E-state index >= 15 is 0 Å². The third-order valence-electron chi connectivity index (χ3n) is 5.31. The van der Waals surface area contributed by atoms with Crippen molar-refractivity contribution in [2.45, 2.75) is 20.4 Å². The van der Waals surface area contributed by atoms with Crippen molar-refractivity contribution in [2.75, 3.05) is 31.1 Å². The molecule has 1 aliphatic heterocycles. The van der Waals surface area contributed by atoms with Crippen molar-refractivity contribution in [3.8, 4) is 0 Å². The lowest BCUT2D eigenvalue weighted by atomic mass is 10.2. The number of piperazine rings is 1. The molecule has 1 saturated heterocycles. The van der Waals surface area contributed by atoms with Gasteiger partial charge in [0.05, 0.1) is 16.9 Å². The molecule has 8 nitrogen and oxygen atoms in total. The minimum Gasteiger partial charge on any atom is -0.363 e. The van der Waals surface area contributed by atoms with E-state index in [-0.39, 0.29) is 11.2 Å². The number of hydrogen-bond donors (Lipinski definition) is 1. The largest absolute Gasteiger partial charge is 0.363 e. The molecule has 0 spiro atoms. The highest BCUT2D eigenvalue weighted by Crippen LogP contribution is 2.30.